The zero-order chi connectivity index (χ0) is 9.26. The van der Waals surface area contributed by atoms with Crippen LogP contribution in [0.25, 0.3) is 5.65 Å². The molecule has 13 heavy (non-hydrogen) atoms. The summed E-state index contributed by atoms with van der Waals surface area (Å²) in [5.74, 6) is -0.127. The van der Waals surface area contributed by atoms with Crippen LogP contribution in [-0.2, 0) is 4.79 Å². The molecular weight excluding hydrogens is 166 g/mol. The van der Waals surface area contributed by atoms with Crippen LogP contribution in [0.4, 0.5) is 0 Å². The van der Waals surface area contributed by atoms with E-state index in [-0.39, 0.29) is 5.92 Å². The molecule has 0 aliphatic carbocycles. The summed E-state index contributed by atoms with van der Waals surface area (Å²) in [6.45, 7) is 1.84. The van der Waals surface area contributed by atoms with Gasteiger partial charge in [0.25, 0.3) is 0 Å². The molecule has 1 atom stereocenters. The molecule has 2 aromatic rings. The molecule has 0 aliphatic rings. The van der Waals surface area contributed by atoms with Crippen LogP contribution in [0, 0.1) is 0 Å². The molecule has 1 unspecified atom stereocenters. The van der Waals surface area contributed by atoms with Crippen LogP contribution in [0.5, 0.6) is 0 Å². The number of hydrogen-bond donors (Lipinski definition) is 0. The largest absolute Gasteiger partial charge is 0.303 e. The molecular formula is C9H9N3O. The van der Waals surface area contributed by atoms with Gasteiger partial charge in [-0.05, 0) is 0 Å². The van der Waals surface area contributed by atoms with Crippen molar-refractivity contribution in [2.45, 2.75) is 12.8 Å². The van der Waals surface area contributed by atoms with Crippen LogP contribution >= 0.6 is 0 Å². The first-order valence-electron chi connectivity index (χ1n) is 4.05. The monoisotopic (exact) mass is 175 g/mol. The summed E-state index contributed by atoms with van der Waals surface area (Å²) in [7, 11) is 0. The lowest BCUT2D eigenvalue weighted by Crippen LogP contribution is -1.99. The molecule has 0 saturated heterocycles. The van der Waals surface area contributed by atoms with Gasteiger partial charge in [-0.2, -0.15) is 0 Å². The molecule has 0 N–H and O–H groups in total. The number of aldehydes is 1. The Labute approximate surface area is 75.2 Å². The van der Waals surface area contributed by atoms with Crippen LogP contribution < -0.4 is 0 Å². The molecule has 2 rings (SSSR count). The highest BCUT2D eigenvalue weighted by molar-refractivity contribution is 5.61. The van der Waals surface area contributed by atoms with Crippen LogP contribution in [0.2, 0.25) is 0 Å². The van der Waals surface area contributed by atoms with E-state index in [9.17, 15) is 4.79 Å². The quantitative estimate of drug-likeness (QED) is 0.640. The lowest BCUT2D eigenvalue weighted by atomic mass is 10.1. The minimum Gasteiger partial charge on any atom is -0.303 e. The molecule has 4 heteroatoms. The Bertz CT molecular complexity index is 435. The van der Waals surface area contributed by atoms with Gasteiger partial charge in [0.2, 0.25) is 0 Å². The molecule has 0 bridgehead atoms. The number of imidazole rings is 1. The first-order chi connectivity index (χ1) is 6.33. The van der Waals surface area contributed by atoms with E-state index in [2.05, 4.69) is 9.97 Å². The van der Waals surface area contributed by atoms with Gasteiger partial charge in [-0.25, -0.2) is 4.98 Å². The molecule has 0 radical (unpaired) electrons. The van der Waals surface area contributed by atoms with Crippen molar-refractivity contribution in [3.63, 3.8) is 0 Å². The molecule has 4 nitrogen and oxygen atoms in total. The standard InChI is InChI=1S/C9H9N3O/c1-7(6-13)8-4-11-9-5-10-2-3-12(8)9/h2-7H,1H3. The van der Waals surface area contributed by atoms with Gasteiger partial charge in [-0.3, -0.25) is 4.98 Å². The summed E-state index contributed by atoms with van der Waals surface area (Å²) in [4.78, 5) is 18.7. The lowest BCUT2D eigenvalue weighted by molar-refractivity contribution is -0.108. The second kappa shape index (κ2) is 2.97. The van der Waals surface area contributed by atoms with Crippen LogP contribution in [-0.4, -0.2) is 20.7 Å². The van der Waals surface area contributed by atoms with Crippen molar-refractivity contribution in [2.75, 3.05) is 0 Å². The molecule has 0 amide bonds. The maximum Gasteiger partial charge on any atom is 0.155 e. The van der Waals surface area contributed by atoms with E-state index in [1.165, 1.54) is 0 Å². The van der Waals surface area contributed by atoms with E-state index in [0.29, 0.717) is 0 Å². The van der Waals surface area contributed by atoms with Crippen molar-refractivity contribution < 1.29 is 4.79 Å². The Morgan fingerprint density at radius 1 is 1.54 bits per heavy atom. The fourth-order valence-corrected chi connectivity index (χ4v) is 1.27. The Kier molecular flexibility index (Phi) is 1.81. The van der Waals surface area contributed by atoms with E-state index >= 15 is 0 Å². The second-order valence-electron chi connectivity index (χ2n) is 2.91. The predicted molar refractivity (Wildman–Crippen MR) is 47.5 cm³/mol. The van der Waals surface area contributed by atoms with E-state index < -0.39 is 0 Å². The minimum absolute atomic E-state index is 0.127. The molecule has 0 spiro atoms. The van der Waals surface area contributed by atoms with Gasteiger partial charge in [0.15, 0.2) is 5.65 Å². The maximum atomic E-state index is 10.6. The third-order valence-corrected chi connectivity index (χ3v) is 2.02. The summed E-state index contributed by atoms with van der Waals surface area (Å²) in [5.41, 5.74) is 1.67. The number of aromatic nitrogens is 3. The van der Waals surface area contributed by atoms with E-state index in [1.54, 1.807) is 24.8 Å². The molecule has 0 fully saturated rings. The molecule has 66 valence electrons. The Morgan fingerprint density at radius 2 is 2.38 bits per heavy atom. The van der Waals surface area contributed by atoms with Crippen LogP contribution in [0.15, 0.2) is 24.8 Å². The molecule has 0 saturated carbocycles. The zero-order valence-corrected chi connectivity index (χ0v) is 7.21. The summed E-state index contributed by atoms with van der Waals surface area (Å²) < 4.78 is 1.87. The predicted octanol–water partition coefficient (Wildman–Crippen LogP) is 1.03. The van der Waals surface area contributed by atoms with Crippen LogP contribution in [0.1, 0.15) is 18.5 Å². The highest BCUT2D eigenvalue weighted by Crippen LogP contribution is 2.13. The van der Waals surface area contributed by atoms with Crippen molar-refractivity contribution in [2.24, 2.45) is 0 Å². The zero-order valence-electron chi connectivity index (χ0n) is 7.21. The first kappa shape index (κ1) is 7.91. The van der Waals surface area contributed by atoms with E-state index in [0.717, 1.165) is 17.6 Å². The number of carbonyl (C=O) groups is 1. The van der Waals surface area contributed by atoms with Crippen LogP contribution in [0.3, 0.4) is 0 Å². The normalized spacial score (nSPS) is 13.0. The minimum atomic E-state index is -0.127. The molecule has 0 aliphatic heterocycles. The van der Waals surface area contributed by atoms with E-state index in [4.69, 9.17) is 0 Å². The van der Waals surface area contributed by atoms with Crippen molar-refractivity contribution in [1.29, 1.82) is 0 Å². The third kappa shape index (κ3) is 1.20. The fraction of sp³-hybridized carbons (Fsp3) is 0.222. The lowest BCUT2D eigenvalue weighted by Gasteiger charge is -2.01. The highest BCUT2D eigenvalue weighted by atomic mass is 16.1. The van der Waals surface area contributed by atoms with E-state index in [1.807, 2.05) is 11.3 Å². The topological polar surface area (TPSA) is 47.3 Å². The smallest absolute Gasteiger partial charge is 0.155 e. The molecule has 0 aromatic carbocycles. The van der Waals surface area contributed by atoms with Gasteiger partial charge >= 0.3 is 0 Å². The summed E-state index contributed by atoms with van der Waals surface area (Å²) in [5, 5.41) is 0. The van der Waals surface area contributed by atoms with Gasteiger partial charge < -0.3 is 9.20 Å². The Hall–Kier alpha value is -1.71. The molecule has 2 aromatic heterocycles. The maximum absolute atomic E-state index is 10.6. The van der Waals surface area contributed by atoms with Gasteiger partial charge in [-0.15, -0.1) is 0 Å². The summed E-state index contributed by atoms with van der Waals surface area (Å²) in [6, 6.07) is 0. The molecule has 2 heterocycles. The Balaban J connectivity index is 2.64. The first-order valence-corrected chi connectivity index (χ1v) is 4.05. The highest BCUT2D eigenvalue weighted by Gasteiger charge is 2.09. The summed E-state index contributed by atoms with van der Waals surface area (Å²) >= 11 is 0. The third-order valence-electron chi connectivity index (χ3n) is 2.02. The number of rotatable bonds is 2. The van der Waals surface area contributed by atoms with Crippen molar-refractivity contribution >= 4 is 11.9 Å². The van der Waals surface area contributed by atoms with Crippen molar-refractivity contribution in [3.05, 3.63) is 30.5 Å². The van der Waals surface area contributed by atoms with Gasteiger partial charge in [0.1, 0.15) is 6.29 Å². The SMILES string of the molecule is CC(C=O)c1cnc2cnccn12. The second-order valence-corrected chi connectivity index (χ2v) is 2.91. The van der Waals surface area contributed by atoms with Gasteiger partial charge in [-0.1, -0.05) is 6.92 Å². The van der Waals surface area contributed by atoms with Crippen molar-refractivity contribution in [1.82, 2.24) is 14.4 Å². The van der Waals surface area contributed by atoms with Crippen molar-refractivity contribution in [3.8, 4) is 0 Å². The number of hydrogen-bond acceptors (Lipinski definition) is 3. The summed E-state index contributed by atoms with van der Waals surface area (Å²) in [6.07, 6.45) is 7.76. The average Bonchev–Trinajstić information content (AvgIpc) is 2.60. The Morgan fingerprint density at radius 3 is 3.15 bits per heavy atom. The fourth-order valence-electron chi connectivity index (χ4n) is 1.27. The van der Waals surface area contributed by atoms with Gasteiger partial charge in [0.05, 0.1) is 17.8 Å². The number of carbonyl (C=O) groups excluding carboxylic acids is 1. The number of fused-ring (bicyclic) bond motifs is 1. The van der Waals surface area contributed by atoms with Gasteiger partial charge in [0, 0.05) is 18.6 Å². The average molecular weight is 175 g/mol. The number of nitrogens with zero attached hydrogens (tertiary/aromatic N) is 3.